The van der Waals surface area contributed by atoms with Gasteiger partial charge in [0.15, 0.2) is 5.82 Å². The minimum atomic E-state index is -4.69. The topological polar surface area (TPSA) is 96.8 Å². The summed E-state index contributed by atoms with van der Waals surface area (Å²) in [6.07, 6.45) is -1.26. The first kappa shape index (κ1) is 17.9. The highest BCUT2D eigenvalue weighted by Crippen LogP contribution is 2.40. The molecule has 0 saturated carbocycles. The van der Waals surface area contributed by atoms with Crippen LogP contribution in [-0.4, -0.2) is 50.5 Å². The molecule has 0 aromatic carbocycles. The zero-order valence-electron chi connectivity index (χ0n) is 14.2. The van der Waals surface area contributed by atoms with Crippen LogP contribution in [0.25, 0.3) is 22.4 Å². The van der Waals surface area contributed by atoms with E-state index in [1.54, 1.807) is 0 Å². The van der Waals surface area contributed by atoms with Gasteiger partial charge in [-0.2, -0.15) is 22.6 Å². The lowest BCUT2D eigenvalue weighted by molar-refractivity contribution is -0.137. The number of H-pyrrole nitrogens is 1. The molecule has 0 atom stereocenters. The van der Waals surface area contributed by atoms with Crippen molar-refractivity contribution in [3.63, 3.8) is 0 Å². The van der Waals surface area contributed by atoms with Crippen molar-refractivity contribution in [3.8, 4) is 11.4 Å². The van der Waals surface area contributed by atoms with Gasteiger partial charge in [0.2, 0.25) is 0 Å². The molecule has 12 heteroatoms. The summed E-state index contributed by atoms with van der Waals surface area (Å²) in [6.45, 7) is 0.765. The Labute approximate surface area is 152 Å². The Kier molecular flexibility index (Phi) is 4.00. The van der Waals surface area contributed by atoms with Crippen LogP contribution in [0.3, 0.4) is 0 Å². The number of aromatic amines is 1. The molecule has 0 radical (unpaired) electrons. The highest BCUT2D eigenvalue weighted by Gasteiger charge is 2.37. The Balaban J connectivity index is 1.96. The fraction of sp³-hybridized carbons (Fsp3) is 0.400. The van der Waals surface area contributed by atoms with Crippen molar-refractivity contribution in [2.24, 2.45) is 7.05 Å². The average molecular weight is 400 g/mol. The molecule has 1 saturated heterocycles. The molecule has 0 aliphatic carbocycles. The summed E-state index contributed by atoms with van der Waals surface area (Å²) >= 11 is 0. The quantitative estimate of drug-likeness (QED) is 0.727. The van der Waals surface area contributed by atoms with E-state index in [4.69, 9.17) is 0 Å². The van der Waals surface area contributed by atoms with Crippen molar-refractivity contribution in [1.82, 2.24) is 29.0 Å². The lowest BCUT2D eigenvalue weighted by atomic mass is 10.1. The standard InChI is InChI=1S/C15H15F3N6O2S/c1-23-8-20-14(22-23)12-9-6-11(27(25,26)24-4-2-3-5-24)21-13(9)19-7-10(12)15(16,17)18/h6-8H,2-5H2,1H3,(H,19,21). The SMILES string of the molecule is Cn1cnc(-c2c(C(F)(F)F)cnc3[nH]c(S(=O)(=O)N4CCCC4)cc23)n1. The van der Waals surface area contributed by atoms with Gasteiger partial charge in [-0.05, 0) is 18.9 Å². The van der Waals surface area contributed by atoms with Gasteiger partial charge in [-0.3, -0.25) is 4.68 Å². The molecule has 1 fully saturated rings. The molecular formula is C15H15F3N6O2S. The summed E-state index contributed by atoms with van der Waals surface area (Å²) in [7, 11) is -2.30. The second-order valence-electron chi connectivity index (χ2n) is 6.29. The molecule has 1 aliphatic heterocycles. The van der Waals surface area contributed by atoms with E-state index < -0.39 is 21.8 Å². The van der Waals surface area contributed by atoms with Crippen LogP contribution >= 0.6 is 0 Å². The van der Waals surface area contributed by atoms with Gasteiger partial charge >= 0.3 is 6.18 Å². The summed E-state index contributed by atoms with van der Waals surface area (Å²) in [5.41, 5.74) is -1.29. The maximum Gasteiger partial charge on any atom is 0.418 e. The van der Waals surface area contributed by atoms with E-state index >= 15 is 0 Å². The van der Waals surface area contributed by atoms with Gasteiger partial charge in [0.25, 0.3) is 10.0 Å². The lowest BCUT2D eigenvalue weighted by Crippen LogP contribution is -2.28. The van der Waals surface area contributed by atoms with Crippen molar-refractivity contribution in [1.29, 1.82) is 0 Å². The molecule has 3 aromatic heterocycles. The van der Waals surface area contributed by atoms with Crippen LogP contribution in [0.4, 0.5) is 13.2 Å². The second-order valence-corrected chi connectivity index (χ2v) is 8.20. The number of pyridine rings is 1. The molecule has 1 aliphatic rings. The monoisotopic (exact) mass is 400 g/mol. The number of nitrogens with one attached hydrogen (secondary N) is 1. The number of hydrogen-bond acceptors (Lipinski definition) is 5. The molecule has 0 bridgehead atoms. The zero-order chi connectivity index (χ0) is 19.4. The molecule has 8 nitrogen and oxygen atoms in total. The normalized spacial score (nSPS) is 16.4. The van der Waals surface area contributed by atoms with Gasteiger partial charge in [0.1, 0.15) is 17.0 Å². The summed E-state index contributed by atoms with van der Waals surface area (Å²) in [4.78, 5) is 10.3. The van der Waals surface area contributed by atoms with Crippen molar-refractivity contribution in [3.05, 3.63) is 24.2 Å². The Morgan fingerprint density at radius 1 is 1.19 bits per heavy atom. The Hall–Kier alpha value is -2.47. The number of aromatic nitrogens is 5. The molecule has 4 rings (SSSR count). The van der Waals surface area contributed by atoms with Crippen LogP contribution in [-0.2, 0) is 23.2 Å². The largest absolute Gasteiger partial charge is 0.418 e. The van der Waals surface area contributed by atoms with Crippen molar-refractivity contribution < 1.29 is 21.6 Å². The molecule has 144 valence electrons. The van der Waals surface area contributed by atoms with Gasteiger partial charge in [-0.1, -0.05) is 0 Å². The summed E-state index contributed by atoms with van der Waals surface area (Å²) in [5, 5.41) is 3.77. The first-order valence-corrected chi connectivity index (χ1v) is 9.57. The molecule has 0 amide bonds. The minimum absolute atomic E-state index is 0.00815. The van der Waals surface area contributed by atoms with Gasteiger partial charge in [-0.25, -0.2) is 18.4 Å². The molecule has 27 heavy (non-hydrogen) atoms. The van der Waals surface area contributed by atoms with E-state index in [2.05, 4.69) is 20.1 Å². The van der Waals surface area contributed by atoms with Crippen LogP contribution in [0, 0.1) is 0 Å². The predicted octanol–water partition coefficient (Wildman–Crippen LogP) is 2.16. The van der Waals surface area contributed by atoms with E-state index in [1.165, 1.54) is 28.4 Å². The maximum absolute atomic E-state index is 13.5. The Morgan fingerprint density at radius 2 is 1.89 bits per heavy atom. The lowest BCUT2D eigenvalue weighted by Gasteiger charge is -2.13. The van der Waals surface area contributed by atoms with E-state index in [0.717, 1.165) is 12.8 Å². The van der Waals surface area contributed by atoms with Gasteiger partial charge in [0.05, 0.1) is 5.56 Å². The molecule has 1 N–H and O–H groups in total. The van der Waals surface area contributed by atoms with Gasteiger partial charge < -0.3 is 4.98 Å². The number of fused-ring (bicyclic) bond motifs is 1. The number of halogens is 3. The Bertz CT molecular complexity index is 1110. The van der Waals surface area contributed by atoms with E-state index in [0.29, 0.717) is 19.3 Å². The van der Waals surface area contributed by atoms with Crippen LogP contribution in [0.2, 0.25) is 0 Å². The van der Waals surface area contributed by atoms with Gasteiger partial charge in [-0.15, -0.1) is 0 Å². The number of nitrogens with zero attached hydrogens (tertiary/aromatic N) is 5. The van der Waals surface area contributed by atoms with Crippen molar-refractivity contribution >= 4 is 21.1 Å². The fourth-order valence-corrected chi connectivity index (χ4v) is 4.68. The van der Waals surface area contributed by atoms with Crippen LogP contribution in [0.5, 0.6) is 0 Å². The predicted molar refractivity (Wildman–Crippen MR) is 89.1 cm³/mol. The number of aryl methyl sites for hydroxylation is 1. The Morgan fingerprint density at radius 3 is 2.48 bits per heavy atom. The number of rotatable bonds is 3. The minimum Gasteiger partial charge on any atom is -0.329 e. The molecule has 0 spiro atoms. The molecule has 0 unspecified atom stereocenters. The second kappa shape index (κ2) is 6.02. The molecule has 3 aromatic rings. The van der Waals surface area contributed by atoms with Crippen LogP contribution in [0.15, 0.2) is 23.6 Å². The zero-order valence-corrected chi connectivity index (χ0v) is 15.0. The van der Waals surface area contributed by atoms with Crippen LogP contribution in [0.1, 0.15) is 18.4 Å². The third-order valence-corrected chi connectivity index (χ3v) is 6.27. The van der Waals surface area contributed by atoms with Crippen molar-refractivity contribution in [2.45, 2.75) is 24.0 Å². The number of hydrogen-bond donors (Lipinski definition) is 1. The third-order valence-electron chi connectivity index (χ3n) is 4.45. The van der Waals surface area contributed by atoms with Gasteiger partial charge in [0, 0.05) is 37.3 Å². The average Bonchev–Trinajstić information content (AvgIpc) is 3.33. The maximum atomic E-state index is 13.5. The first-order valence-electron chi connectivity index (χ1n) is 8.13. The van der Waals surface area contributed by atoms with E-state index in [9.17, 15) is 21.6 Å². The molecule has 4 heterocycles. The fourth-order valence-electron chi connectivity index (χ4n) is 3.17. The smallest absolute Gasteiger partial charge is 0.329 e. The van der Waals surface area contributed by atoms with E-state index in [-0.39, 0.29) is 27.4 Å². The molecular weight excluding hydrogens is 385 g/mol. The first-order chi connectivity index (χ1) is 12.7. The van der Waals surface area contributed by atoms with E-state index in [1.807, 2.05) is 0 Å². The highest BCUT2D eigenvalue weighted by molar-refractivity contribution is 7.89. The van der Waals surface area contributed by atoms with Crippen molar-refractivity contribution in [2.75, 3.05) is 13.1 Å². The third kappa shape index (κ3) is 2.98. The number of sulfonamides is 1. The summed E-state index contributed by atoms with van der Waals surface area (Å²) < 4.78 is 68.6. The summed E-state index contributed by atoms with van der Waals surface area (Å²) in [5.74, 6) is -0.152. The highest BCUT2D eigenvalue weighted by atomic mass is 32.2. The summed E-state index contributed by atoms with van der Waals surface area (Å²) in [6, 6.07) is 1.18. The van der Waals surface area contributed by atoms with Crippen LogP contribution < -0.4 is 0 Å². The number of alkyl halides is 3.